The number of hydrogen-bond acceptors (Lipinski definition) is 4. The highest BCUT2D eigenvalue weighted by Gasteiger charge is 2.51. The van der Waals surface area contributed by atoms with Crippen LogP contribution < -0.4 is 5.46 Å². The van der Waals surface area contributed by atoms with Crippen LogP contribution >= 0.6 is 0 Å². The quantitative estimate of drug-likeness (QED) is 0.282. The molecule has 35 heavy (non-hydrogen) atoms. The summed E-state index contributed by atoms with van der Waals surface area (Å²) in [5, 5.41) is 4.45. The van der Waals surface area contributed by atoms with Crippen LogP contribution in [-0.2, 0) is 9.31 Å². The Morgan fingerprint density at radius 3 is 2.23 bits per heavy atom. The first-order chi connectivity index (χ1) is 16.8. The minimum absolute atomic E-state index is 0.366. The van der Waals surface area contributed by atoms with E-state index in [-0.39, 0.29) is 18.3 Å². The molecule has 0 N–H and O–H groups in total. The van der Waals surface area contributed by atoms with E-state index in [0.717, 1.165) is 54.9 Å². The minimum atomic E-state index is -0.381. The Morgan fingerprint density at radius 1 is 0.714 bits per heavy atom. The van der Waals surface area contributed by atoms with Crippen molar-refractivity contribution >= 4 is 56.3 Å². The van der Waals surface area contributed by atoms with Crippen molar-refractivity contribution in [3.63, 3.8) is 0 Å². The summed E-state index contributed by atoms with van der Waals surface area (Å²) in [7, 11) is -0.381. The van der Waals surface area contributed by atoms with Crippen LogP contribution in [0.2, 0.25) is 0 Å². The Hall–Kier alpha value is -3.61. The molecule has 3 aromatic carbocycles. The maximum absolute atomic E-state index is 6.25. The molecule has 6 aromatic rings. The maximum Gasteiger partial charge on any atom is 0.494 e. The van der Waals surface area contributed by atoms with E-state index in [0.29, 0.717) is 0 Å². The zero-order chi connectivity index (χ0) is 23.9. The number of aromatic nitrogens is 2. The summed E-state index contributed by atoms with van der Waals surface area (Å²) in [5.74, 6) is 0. The first-order valence-electron chi connectivity index (χ1n) is 12.0. The molecule has 6 heteroatoms. The lowest BCUT2D eigenvalue weighted by atomic mass is 9.79. The first-order valence-corrected chi connectivity index (χ1v) is 12.0. The van der Waals surface area contributed by atoms with E-state index in [9.17, 15) is 0 Å². The standard InChI is InChI=1S/C29H25BN2O3/c1-28(2)29(3,4)35-30(34-28)18-9-11-19(12-10-18)32-24-13-14-31-17-23(24)21-16-27-22(15-25(21)32)20-7-5-6-8-26(20)33-27/h5-17H,1-4H3. The van der Waals surface area contributed by atoms with Gasteiger partial charge < -0.3 is 18.3 Å². The second-order valence-electron chi connectivity index (χ2n) is 10.4. The van der Waals surface area contributed by atoms with E-state index >= 15 is 0 Å². The van der Waals surface area contributed by atoms with Crippen LogP contribution in [0.15, 0.2) is 83.5 Å². The lowest BCUT2D eigenvalue weighted by Crippen LogP contribution is -2.41. The number of nitrogens with zero attached hydrogens (tertiary/aromatic N) is 2. The molecule has 0 bridgehead atoms. The molecule has 1 aliphatic heterocycles. The average molecular weight is 460 g/mol. The fraction of sp³-hybridized carbons (Fsp3) is 0.207. The SMILES string of the molecule is CC1(C)OB(c2ccc(-n3c4ccncc4c4cc5oc6ccccc6c5cc43)cc2)OC1(C)C. The van der Waals surface area contributed by atoms with Crippen molar-refractivity contribution in [3.8, 4) is 5.69 Å². The van der Waals surface area contributed by atoms with E-state index in [1.54, 1.807) is 0 Å². The van der Waals surface area contributed by atoms with E-state index in [2.05, 4.69) is 91.8 Å². The molecule has 1 fully saturated rings. The molecule has 0 unspecified atom stereocenters. The summed E-state index contributed by atoms with van der Waals surface area (Å²) >= 11 is 0. The number of rotatable bonds is 2. The molecule has 0 radical (unpaired) electrons. The van der Waals surface area contributed by atoms with Gasteiger partial charge in [-0.3, -0.25) is 4.98 Å². The molecule has 1 aliphatic rings. The normalized spacial score (nSPS) is 17.3. The first kappa shape index (κ1) is 20.7. The molecule has 0 aliphatic carbocycles. The van der Waals surface area contributed by atoms with Gasteiger partial charge >= 0.3 is 7.12 Å². The van der Waals surface area contributed by atoms with Crippen molar-refractivity contribution in [3.05, 3.63) is 79.1 Å². The van der Waals surface area contributed by atoms with Gasteiger partial charge in [0.15, 0.2) is 0 Å². The Bertz CT molecular complexity index is 1750. The lowest BCUT2D eigenvalue weighted by molar-refractivity contribution is 0.00578. The van der Waals surface area contributed by atoms with Crippen LogP contribution in [0, 0.1) is 0 Å². The van der Waals surface area contributed by atoms with Crippen molar-refractivity contribution in [1.82, 2.24) is 9.55 Å². The van der Waals surface area contributed by atoms with Gasteiger partial charge in [0.25, 0.3) is 0 Å². The Morgan fingerprint density at radius 2 is 1.46 bits per heavy atom. The van der Waals surface area contributed by atoms with Crippen molar-refractivity contribution in [1.29, 1.82) is 0 Å². The molecular formula is C29H25BN2O3. The molecule has 1 saturated heterocycles. The summed E-state index contributed by atoms with van der Waals surface area (Å²) in [6.07, 6.45) is 3.78. The summed E-state index contributed by atoms with van der Waals surface area (Å²) in [6, 6.07) is 23.1. The number of benzene rings is 3. The highest BCUT2D eigenvalue weighted by Crippen LogP contribution is 2.39. The van der Waals surface area contributed by atoms with Gasteiger partial charge in [-0.05, 0) is 69.6 Å². The van der Waals surface area contributed by atoms with Crippen molar-refractivity contribution in [2.45, 2.75) is 38.9 Å². The van der Waals surface area contributed by atoms with E-state index in [1.807, 2.05) is 24.5 Å². The van der Waals surface area contributed by atoms with Crippen LogP contribution in [0.3, 0.4) is 0 Å². The number of furan rings is 1. The third-order valence-electron chi connectivity index (χ3n) is 7.74. The smallest absolute Gasteiger partial charge is 0.456 e. The third kappa shape index (κ3) is 2.93. The maximum atomic E-state index is 6.25. The molecule has 4 heterocycles. The van der Waals surface area contributed by atoms with Gasteiger partial charge in [-0.15, -0.1) is 0 Å². The van der Waals surface area contributed by atoms with Crippen molar-refractivity contribution < 1.29 is 13.7 Å². The third-order valence-corrected chi connectivity index (χ3v) is 7.74. The number of pyridine rings is 1. The Kier molecular flexibility index (Phi) is 4.13. The molecular weight excluding hydrogens is 435 g/mol. The van der Waals surface area contributed by atoms with Crippen LogP contribution in [0.4, 0.5) is 0 Å². The molecule has 0 amide bonds. The fourth-order valence-electron chi connectivity index (χ4n) is 5.12. The van der Waals surface area contributed by atoms with Gasteiger partial charge in [-0.1, -0.05) is 30.3 Å². The van der Waals surface area contributed by atoms with Gasteiger partial charge in [-0.2, -0.15) is 0 Å². The minimum Gasteiger partial charge on any atom is -0.456 e. The summed E-state index contributed by atoms with van der Waals surface area (Å²) in [6.45, 7) is 8.31. The van der Waals surface area contributed by atoms with Crippen LogP contribution in [-0.4, -0.2) is 27.9 Å². The number of para-hydroxylation sites is 1. The monoisotopic (exact) mass is 460 g/mol. The van der Waals surface area contributed by atoms with E-state index < -0.39 is 0 Å². The molecule has 0 atom stereocenters. The highest BCUT2D eigenvalue weighted by molar-refractivity contribution is 6.62. The predicted molar refractivity (Wildman–Crippen MR) is 142 cm³/mol. The molecule has 0 saturated carbocycles. The number of fused-ring (bicyclic) bond motifs is 6. The van der Waals surface area contributed by atoms with Gasteiger partial charge in [0.2, 0.25) is 0 Å². The summed E-state index contributed by atoms with van der Waals surface area (Å²) in [4.78, 5) is 4.41. The largest absolute Gasteiger partial charge is 0.494 e. The Balaban J connectivity index is 1.41. The zero-order valence-electron chi connectivity index (χ0n) is 20.2. The second-order valence-corrected chi connectivity index (χ2v) is 10.4. The van der Waals surface area contributed by atoms with Gasteiger partial charge in [-0.25, -0.2) is 0 Å². The molecule has 0 spiro atoms. The zero-order valence-corrected chi connectivity index (χ0v) is 20.2. The van der Waals surface area contributed by atoms with E-state index in [1.165, 1.54) is 0 Å². The number of hydrogen-bond donors (Lipinski definition) is 0. The fourth-order valence-corrected chi connectivity index (χ4v) is 5.12. The second kappa shape index (κ2) is 6.97. The average Bonchev–Trinajstić information content (AvgIpc) is 3.44. The Labute approximate surface area is 203 Å². The highest BCUT2D eigenvalue weighted by atomic mass is 16.7. The topological polar surface area (TPSA) is 49.4 Å². The summed E-state index contributed by atoms with van der Waals surface area (Å²) < 4.78 is 21.0. The van der Waals surface area contributed by atoms with E-state index in [4.69, 9.17) is 13.7 Å². The molecule has 3 aromatic heterocycles. The van der Waals surface area contributed by atoms with Gasteiger partial charge in [0.1, 0.15) is 11.2 Å². The van der Waals surface area contributed by atoms with Crippen molar-refractivity contribution in [2.75, 3.05) is 0 Å². The molecule has 7 rings (SSSR count). The van der Waals surface area contributed by atoms with Crippen LogP contribution in [0.25, 0.3) is 49.4 Å². The molecule has 172 valence electrons. The molecule has 5 nitrogen and oxygen atoms in total. The van der Waals surface area contributed by atoms with Crippen molar-refractivity contribution in [2.24, 2.45) is 0 Å². The summed E-state index contributed by atoms with van der Waals surface area (Å²) in [5.41, 5.74) is 5.37. The van der Waals surface area contributed by atoms with Gasteiger partial charge in [0, 0.05) is 39.6 Å². The van der Waals surface area contributed by atoms with Crippen LogP contribution in [0.5, 0.6) is 0 Å². The van der Waals surface area contributed by atoms with Crippen LogP contribution in [0.1, 0.15) is 27.7 Å². The lowest BCUT2D eigenvalue weighted by Gasteiger charge is -2.32. The predicted octanol–water partition coefficient (Wildman–Crippen LogP) is 6.38. The van der Waals surface area contributed by atoms with Gasteiger partial charge in [0.05, 0.1) is 22.2 Å².